The second kappa shape index (κ2) is 10.3. The molecule has 1 aliphatic rings. The molecule has 0 bridgehead atoms. The molecule has 2 unspecified atom stereocenters. The summed E-state index contributed by atoms with van der Waals surface area (Å²) in [6.45, 7) is 6.56. The van der Waals surface area contributed by atoms with Crippen LogP contribution in [0.3, 0.4) is 0 Å². The molecule has 1 aliphatic carbocycles. The Morgan fingerprint density at radius 2 is 2.11 bits per heavy atom. The molecule has 1 fully saturated rings. The van der Waals surface area contributed by atoms with Gasteiger partial charge in [0.05, 0.1) is 12.6 Å². The van der Waals surface area contributed by atoms with Gasteiger partial charge in [0.25, 0.3) is 0 Å². The van der Waals surface area contributed by atoms with Gasteiger partial charge in [0.2, 0.25) is 0 Å². The minimum Gasteiger partial charge on any atom is -0.392 e. The summed E-state index contributed by atoms with van der Waals surface area (Å²) < 4.78 is 0. The lowest BCUT2D eigenvalue weighted by Crippen LogP contribution is -2.42. The predicted octanol–water partition coefficient (Wildman–Crippen LogP) is 3.82. The van der Waals surface area contributed by atoms with Crippen LogP contribution in [0.1, 0.15) is 45.1 Å². The number of benzene rings is 1. The molecule has 0 saturated heterocycles. The number of H-pyrrole nitrogens is 1. The Morgan fingerprint density at radius 1 is 1.30 bits per heavy atom. The lowest BCUT2D eigenvalue weighted by atomic mass is 9.73. The summed E-state index contributed by atoms with van der Waals surface area (Å²) in [7, 11) is 0. The van der Waals surface area contributed by atoms with Crippen molar-refractivity contribution < 1.29 is 5.11 Å². The molecule has 0 aliphatic heterocycles. The number of aliphatic imine (C=N–C) groups is 1. The highest BCUT2D eigenvalue weighted by atomic mass is 127. The van der Waals surface area contributed by atoms with Crippen molar-refractivity contribution in [1.29, 1.82) is 0 Å². The second-order valence-electron chi connectivity index (χ2n) is 7.65. The van der Waals surface area contributed by atoms with Crippen LogP contribution in [-0.4, -0.2) is 41.8 Å². The third kappa shape index (κ3) is 5.60. The van der Waals surface area contributed by atoms with E-state index in [1.807, 2.05) is 0 Å². The summed E-state index contributed by atoms with van der Waals surface area (Å²) in [5.41, 5.74) is 2.40. The van der Waals surface area contributed by atoms with Crippen LogP contribution in [0.25, 0.3) is 10.9 Å². The molecule has 0 amide bonds. The summed E-state index contributed by atoms with van der Waals surface area (Å²) in [5.74, 6) is 0.839. The molecular formula is C21H33IN4O. The lowest BCUT2D eigenvalue weighted by molar-refractivity contribution is 0.00716. The summed E-state index contributed by atoms with van der Waals surface area (Å²) in [5, 5.41) is 18.4. The highest BCUT2D eigenvalue weighted by molar-refractivity contribution is 14.0. The van der Waals surface area contributed by atoms with Crippen molar-refractivity contribution in [1.82, 2.24) is 15.6 Å². The van der Waals surface area contributed by atoms with E-state index in [1.165, 1.54) is 22.9 Å². The van der Waals surface area contributed by atoms with Crippen LogP contribution in [0.5, 0.6) is 0 Å². The van der Waals surface area contributed by atoms with Gasteiger partial charge in [-0.15, -0.1) is 24.0 Å². The first-order valence-electron chi connectivity index (χ1n) is 9.87. The Labute approximate surface area is 179 Å². The Kier molecular flexibility index (Phi) is 8.41. The fraction of sp³-hybridized carbons (Fsp3) is 0.571. The quantitative estimate of drug-likeness (QED) is 0.286. The second-order valence-corrected chi connectivity index (χ2v) is 7.65. The van der Waals surface area contributed by atoms with Crippen molar-refractivity contribution in [3.05, 3.63) is 36.0 Å². The molecule has 1 saturated carbocycles. The van der Waals surface area contributed by atoms with E-state index in [0.717, 1.165) is 44.7 Å². The van der Waals surface area contributed by atoms with Crippen molar-refractivity contribution in [2.24, 2.45) is 10.4 Å². The first-order valence-corrected chi connectivity index (χ1v) is 9.87. The minimum absolute atomic E-state index is 0. The molecule has 1 aromatic carbocycles. The van der Waals surface area contributed by atoms with Gasteiger partial charge < -0.3 is 20.7 Å². The molecule has 0 radical (unpaired) electrons. The number of rotatable bonds is 6. The Morgan fingerprint density at radius 3 is 2.89 bits per heavy atom. The van der Waals surface area contributed by atoms with Crippen molar-refractivity contribution in [2.75, 3.05) is 19.6 Å². The number of nitrogens with one attached hydrogen (secondary N) is 3. The van der Waals surface area contributed by atoms with E-state index < -0.39 is 0 Å². The number of halogens is 1. The first-order chi connectivity index (χ1) is 12.6. The van der Waals surface area contributed by atoms with E-state index in [-0.39, 0.29) is 35.5 Å². The van der Waals surface area contributed by atoms with Crippen LogP contribution in [0, 0.1) is 5.41 Å². The van der Waals surface area contributed by atoms with Crippen molar-refractivity contribution in [3.8, 4) is 0 Å². The molecule has 27 heavy (non-hydrogen) atoms. The van der Waals surface area contributed by atoms with Gasteiger partial charge in [0, 0.05) is 35.6 Å². The number of hydrogen-bond donors (Lipinski definition) is 4. The SMILES string of the molecule is CCNC(=NCC1(C)CCCCC1O)NCCc1c[nH]c2ccccc12.I. The maximum atomic E-state index is 10.4. The average molecular weight is 484 g/mol. The Hall–Kier alpha value is -1.28. The van der Waals surface area contributed by atoms with Gasteiger partial charge in [-0.05, 0) is 37.8 Å². The fourth-order valence-corrected chi connectivity index (χ4v) is 3.82. The molecule has 3 rings (SSSR count). The van der Waals surface area contributed by atoms with Gasteiger partial charge in [-0.3, -0.25) is 4.99 Å². The molecule has 0 spiro atoms. The number of hydrogen-bond acceptors (Lipinski definition) is 2. The van der Waals surface area contributed by atoms with E-state index in [4.69, 9.17) is 4.99 Å². The number of aromatic amines is 1. The molecular weight excluding hydrogens is 451 g/mol. The van der Waals surface area contributed by atoms with Crippen molar-refractivity contribution in [2.45, 2.75) is 52.1 Å². The van der Waals surface area contributed by atoms with E-state index in [1.54, 1.807) is 0 Å². The Balaban J connectivity index is 0.00000261. The number of aliphatic hydroxyl groups is 1. The molecule has 150 valence electrons. The molecule has 2 aromatic rings. The predicted molar refractivity (Wildman–Crippen MR) is 124 cm³/mol. The van der Waals surface area contributed by atoms with E-state index in [0.29, 0.717) is 6.54 Å². The maximum absolute atomic E-state index is 10.4. The molecule has 1 aromatic heterocycles. The Bertz CT molecular complexity index is 745. The van der Waals surface area contributed by atoms with E-state index >= 15 is 0 Å². The van der Waals surface area contributed by atoms with E-state index in [9.17, 15) is 5.11 Å². The van der Waals surface area contributed by atoms with Gasteiger partial charge in [0.1, 0.15) is 0 Å². The fourth-order valence-electron chi connectivity index (χ4n) is 3.82. The monoisotopic (exact) mass is 484 g/mol. The largest absolute Gasteiger partial charge is 0.392 e. The van der Waals surface area contributed by atoms with Crippen molar-refractivity contribution in [3.63, 3.8) is 0 Å². The standard InChI is InChI=1S/C21H32N4O.HI/c1-3-22-20(25-15-21(2)12-7-6-10-19(21)26)23-13-11-16-14-24-18-9-5-4-8-17(16)18;/h4-5,8-9,14,19,24,26H,3,6-7,10-13,15H2,1-2H3,(H2,22,23,25);1H. The van der Waals surface area contributed by atoms with Crippen LogP contribution in [-0.2, 0) is 6.42 Å². The number of guanidine groups is 1. The molecule has 1 heterocycles. The summed E-state index contributed by atoms with van der Waals surface area (Å²) in [4.78, 5) is 8.10. The first kappa shape index (κ1) is 22.0. The van der Waals surface area contributed by atoms with Crippen LogP contribution < -0.4 is 10.6 Å². The van der Waals surface area contributed by atoms with Gasteiger partial charge in [-0.1, -0.05) is 38.0 Å². The van der Waals surface area contributed by atoms with Crippen LogP contribution >= 0.6 is 24.0 Å². The number of aliphatic hydroxyl groups excluding tert-OH is 1. The molecule has 2 atom stereocenters. The van der Waals surface area contributed by atoms with Crippen LogP contribution in [0.4, 0.5) is 0 Å². The van der Waals surface area contributed by atoms with Gasteiger partial charge >= 0.3 is 0 Å². The van der Waals surface area contributed by atoms with Crippen molar-refractivity contribution >= 4 is 40.8 Å². The molecule has 5 nitrogen and oxygen atoms in total. The highest BCUT2D eigenvalue weighted by Gasteiger charge is 2.35. The number of aromatic nitrogens is 1. The normalized spacial score (nSPS) is 23.1. The zero-order valence-electron chi connectivity index (χ0n) is 16.4. The third-order valence-electron chi connectivity index (χ3n) is 5.58. The number of fused-ring (bicyclic) bond motifs is 1. The topological polar surface area (TPSA) is 72.4 Å². The third-order valence-corrected chi connectivity index (χ3v) is 5.58. The summed E-state index contributed by atoms with van der Waals surface area (Å²) in [6, 6.07) is 8.39. The minimum atomic E-state index is -0.242. The van der Waals surface area contributed by atoms with Gasteiger partial charge in [-0.2, -0.15) is 0 Å². The zero-order chi connectivity index (χ0) is 18.4. The lowest BCUT2D eigenvalue weighted by Gasteiger charge is -2.37. The van der Waals surface area contributed by atoms with Gasteiger partial charge in [-0.25, -0.2) is 0 Å². The highest BCUT2D eigenvalue weighted by Crippen LogP contribution is 2.36. The average Bonchev–Trinajstić information content (AvgIpc) is 3.06. The van der Waals surface area contributed by atoms with Crippen LogP contribution in [0.2, 0.25) is 0 Å². The maximum Gasteiger partial charge on any atom is 0.191 e. The number of para-hydroxylation sites is 1. The summed E-state index contributed by atoms with van der Waals surface area (Å²) >= 11 is 0. The van der Waals surface area contributed by atoms with E-state index in [2.05, 4.69) is 59.9 Å². The molecule has 6 heteroatoms. The molecule has 4 N–H and O–H groups in total. The number of nitrogens with zero attached hydrogens (tertiary/aromatic N) is 1. The smallest absolute Gasteiger partial charge is 0.191 e. The van der Waals surface area contributed by atoms with Gasteiger partial charge in [0.15, 0.2) is 5.96 Å². The van der Waals surface area contributed by atoms with Crippen LogP contribution in [0.15, 0.2) is 35.5 Å². The zero-order valence-corrected chi connectivity index (χ0v) is 18.8. The summed E-state index contributed by atoms with van der Waals surface area (Å²) in [6.07, 6.45) is 7.05.